The summed E-state index contributed by atoms with van der Waals surface area (Å²) in [5, 5.41) is 16.1. The zero-order chi connectivity index (χ0) is 19.3. The summed E-state index contributed by atoms with van der Waals surface area (Å²) >= 11 is 3.55. The van der Waals surface area contributed by atoms with Gasteiger partial charge >= 0.3 is 0 Å². The van der Waals surface area contributed by atoms with Crippen molar-refractivity contribution in [3.8, 4) is 5.69 Å². The molecule has 4 aromatic rings. The number of nitrogens with zero attached hydrogens (tertiary/aromatic N) is 5. The number of hydrogen-bond acceptors (Lipinski definition) is 4. The van der Waals surface area contributed by atoms with Crippen LogP contribution in [0.5, 0.6) is 0 Å². The number of hydrogen-bond donors (Lipinski definition) is 1. The van der Waals surface area contributed by atoms with Gasteiger partial charge in [0.15, 0.2) is 0 Å². The second-order valence-corrected chi connectivity index (χ2v) is 8.23. The van der Waals surface area contributed by atoms with Crippen molar-refractivity contribution in [2.45, 2.75) is 25.2 Å². The van der Waals surface area contributed by atoms with Gasteiger partial charge in [-0.05, 0) is 52.4 Å². The minimum atomic E-state index is -0.119. The van der Waals surface area contributed by atoms with Crippen molar-refractivity contribution in [1.29, 1.82) is 0 Å². The molecule has 0 amide bonds. The van der Waals surface area contributed by atoms with Crippen LogP contribution < -0.4 is 5.56 Å². The lowest BCUT2D eigenvalue weighted by Crippen LogP contribution is -2.24. The zero-order valence-electron chi connectivity index (χ0n) is 15.3. The van der Waals surface area contributed by atoms with Crippen LogP contribution in [0.2, 0.25) is 0 Å². The number of pyridine rings is 1. The van der Waals surface area contributed by atoms with E-state index in [9.17, 15) is 4.79 Å². The molecular formula is C20H19BrN6O. The number of fused-ring (bicyclic) bond motifs is 1. The van der Waals surface area contributed by atoms with Crippen LogP contribution in [0.25, 0.3) is 16.6 Å². The standard InChI is InChI=1S/C20H19BrN6O/c1-26-11-23-25-19(26)17(12-4-2-5-12)13-6-3-7-14(8-13)27-10-16(21)15-9-22-24-18(15)20(27)28/h3,6-12,17H,2,4-5H2,1H3,(H,22,24)/t17-/m1/s1. The van der Waals surface area contributed by atoms with E-state index in [4.69, 9.17) is 0 Å². The molecule has 1 aliphatic rings. The molecule has 0 bridgehead atoms. The molecule has 3 heterocycles. The van der Waals surface area contributed by atoms with Crippen LogP contribution in [-0.2, 0) is 7.05 Å². The van der Waals surface area contributed by atoms with Crippen LogP contribution >= 0.6 is 15.9 Å². The summed E-state index contributed by atoms with van der Waals surface area (Å²) in [7, 11) is 1.98. The summed E-state index contributed by atoms with van der Waals surface area (Å²) in [6.07, 6.45) is 8.84. The molecule has 1 aromatic carbocycles. The molecule has 1 saturated carbocycles. The zero-order valence-corrected chi connectivity index (χ0v) is 16.9. The lowest BCUT2D eigenvalue weighted by atomic mass is 9.72. The third kappa shape index (κ3) is 2.71. The minimum absolute atomic E-state index is 0.119. The van der Waals surface area contributed by atoms with Crippen LogP contribution in [0.1, 0.15) is 36.6 Å². The highest BCUT2D eigenvalue weighted by Gasteiger charge is 2.33. The first-order valence-corrected chi connectivity index (χ1v) is 10.1. The van der Waals surface area contributed by atoms with E-state index in [1.54, 1.807) is 23.3 Å². The van der Waals surface area contributed by atoms with Gasteiger partial charge in [-0.1, -0.05) is 18.6 Å². The van der Waals surface area contributed by atoms with Crippen molar-refractivity contribution < 1.29 is 0 Å². The fourth-order valence-corrected chi connectivity index (χ4v) is 4.54. The predicted octanol–water partition coefficient (Wildman–Crippen LogP) is 3.54. The van der Waals surface area contributed by atoms with Crippen molar-refractivity contribution in [1.82, 2.24) is 29.5 Å². The molecule has 3 aromatic heterocycles. The second-order valence-electron chi connectivity index (χ2n) is 7.37. The number of halogens is 1. The number of aryl methyl sites for hydroxylation is 1. The van der Waals surface area contributed by atoms with Crippen molar-refractivity contribution in [3.05, 3.63) is 69.2 Å². The van der Waals surface area contributed by atoms with Gasteiger partial charge in [-0.3, -0.25) is 14.5 Å². The highest BCUT2D eigenvalue weighted by Crippen LogP contribution is 2.42. The monoisotopic (exact) mass is 438 g/mol. The van der Waals surface area contributed by atoms with Crippen molar-refractivity contribution in [2.75, 3.05) is 0 Å². The summed E-state index contributed by atoms with van der Waals surface area (Å²) in [4.78, 5) is 13.0. The van der Waals surface area contributed by atoms with Gasteiger partial charge in [-0.15, -0.1) is 10.2 Å². The molecule has 0 saturated heterocycles. The van der Waals surface area contributed by atoms with E-state index in [2.05, 4.69) is 48.5 Å². The number of aromatic amines is 1. The van der Waals surface area contributed by atoms with Crippen molar-refractivity contribution >= 4 is 26.8 Å². The van der Waals surface area contributed by atoms with E-state index < -0.39 is 0 Å². The van der Waals surface area contributed by atoms with Gasteiger partial charge in [-0.2, -0.15) is 5.10 Å². The Morgan fingerprint density at radius 3 is 2.89 bits per heavy atom. The molecule has 0 unspecified atom stereocenters. The smallest absolute Gasteiger partial charge is 0.281 e. The van der Waals surface area contributed by atoms with E-state index in [1.807, 2.05) is 23.7 Å². The topological polar surface area (TPSA) is 81.4 Å². The van der Waals surface area contributed by atoms with Crippen LogP contribution in [0.4, 0.5) is 0 Å². The molecule has 1 N–H and O–H groups in total. The fourth-order valence-electron chi connectivity index (χ4n) is 4.03. The number of aromatic nitrogens is 6. The Labute approximate surface area is 169 Å². The fraction of sp³-hybridized carbons (Fsp3) is 0.300. The molecule has 1 atom stereocenters. The molecule has 8 heteroatoms. The summed E-state index contributed by atoms with van der Waals surface area (Å²) in [5.41, 5.74) is 2.35. The van der Waals surface area contributed by atoms with Crippen LogP contribution in [0, 0.1) is 5.92 Å². The maximum absolute atomic E-state index is 13.0. The van der Waals surface area contributed by atoms with Crippen LogP contribution in [-0.4, -0.2) is 29.5 Å². The highest BCUT2D eigenvalue weighted by atomic mass is 79.9. The SMILES string of the molecule is Cn1cnnc1[C@@H](c1cccc(-n2cc(Br)c3cn[nH]c3c2=O)c1)C1CCC1. The van der Waals surface area contributed by atoms with E-state index >= 15 is 0 Å². The molecule has 142 valence electrons. The average Bonchev–Trinajstić information content (AvgIpc) is 3.31. The third-order valence-electron chi connectivity index (χ3n) is 5.73. The first-order valence-electron chi connectivity index (χ1n) is 9.32. The maximum atomic E-state index is 13.0. The Bertz CT molecular complexity index is 1220. The molecule has 0 radical (unpaired) electrons. The number of rotatable bonds is 4. The number of benzene rings is 1. The Hall–Kier alpha value is -2.74. The van der Waals surface area contributed by atoms with Crippen LogP contribution in [0.3, 0.4) is 0 Å². The van der Waals surface area contributed by atoms with Crippen LogP contribution in [0.15, 0.2) is 52.3 Å². The molecule has 1 aliphatic carbocycles. The van der Waals surface area contributed by atoms with Gasteiger partial charge < -0.3 is 4.57 Å². The van der Waals surface area contributed by atoms with E-state index in [-0.39, 0.29) is 11.5 Å². The lowest BCUT2D eigenvalue weighted by molar-refractivity contribution is 0.274. The first kappa shape index (κ1) is 17.4. The average molecular weight is 439 g/mol. The number of nitrogens with one attached hydrogen (secondary N) is 1. The second kappa shape index (κ2) is 6.70. The summed E-state index contributed by atoms with van der Waals surface area (Å²) < 4.78 is 4.47. The summed E-state index contributed by atoms with van der Waals surface area (Å²) in [6, 6.07) is 8.17. The summed E-state index contributed by atoms with van der Waals surface area (Å²) in [5.74, 6) is 1.70. The Kier molecular flexibility index (Phi) is 4.16. The molecular weight excluding hydrogens is 420 g/mol. The van der Waals surface area contributed by atoms with Gasteiger partial charge in [-0.25, -0.2) is 0 Å². The van der Waals surface area contributed by atoms with Gasteiger partial charge in [0.2, 0.25) is 0 Å². The Morgan fingerprint density at radius 2 is 2.18 bits per heavy atom. The van der Waals surface area contributed by atoms with Gasteiger partial charge in [0.1, 0.15) is 17.7 Å². The minimum Gasteiger partial charge on any atom is -0.320 e. The maximum Gasteiger partial charge on any atom is 0.281 e. The molecule has 1 fully saturated rings. The van der Waals surface area contributed by atoms with Gasteiger partial charge in [0.05, 0.1) is 6.20 Å². The number of H-pyrrole nitrogens is 1. The quantitative estimate of drug-likeness (QED) is 0.528. The molecule has 7 nitrogen and oxygen atoms in total. The van der Waals surface area contributed by atoms with Gasteiger partial charge in [0.25, 0.3) is 5.56 Å². The van der Waals surface area contributed by atoms with Crippen molar-refractivity contribution in [3.63, 3.8) is 0 Å². The molecule has 5 rings (SSSR count). The lowest BCUT2D eigenvalue weighted by Gasteiger charge is -2.33. The Balaban J connectivity index is 1.65. The first-order chi connectivity index (χ1) is 13.6. The van der Waals surface area contributed by atoms with Crippen molar-refractivity contribution in [2.24, 2.45) is 13.0 Å². The largest absolute Gasteiger partial charge is 0.320 e. The highest BCUT2D eigenvalue weighted by molar-refractivity contribution is 9.10. The Morgan fingerprint density at radius 1 is 1.32 bits per heavy atom. The molecule has 0 aliphatic heterocycles. The normalized spacial score (nSPS) is 15.6. The van der Waals surface area contributed by atoms with E-state index in [0.717, 1.165) is 26.9 Å². The van der Waals surface area contributed by atoms with E-state index in [0.29, 0.717) is 11.4 Å². The van der Waals surface area contributed by atoms with E-state index in [1.165, 1.54) is 19.3 Å². The molecule has 0 spiro atoms. The summed E-state index contributed by atoms with van der Waals surface area (Å²) in [6.45, 7) is 0. The third-order valence-corrected chi connectivity index (χ3v) is 6.36. The molecule has 28 heavy (non-hydrogen) atoms. The van der Waals surface area contributed by atoms with Gasteiger partial charge in [0, 0.05) is 34.7 Å². The predicted molar refractivity (Wildman–Crippen MR) is 110 cm³/mol.